The molecule has 21 heavy (non-hydrogen) atoms. The summed E-state index contributed by atoms with van der Waals surface area (Å²) in [5, 5.41) is 0. The number of primary amides is 1. The minimum Gasteiger partial charge on any atom is -0.398 e. The number of rotatable bonds is 5. The maximum Gasteiger partial charge on any atom is 0.250 e. The fourth-order valence-corrected chi connectivity index (χ4v) is 2.59. The van der Waals surface area contributed by atoms with E-state index in [1.807, 2.05) is 42.5 Å². The third-order valence-electron chi connectivity index (χ3n) is 3.86. The van der Waals surface area contributed by atoms with Gasteiger partial charge in [-0.1, -0.05) is 30.3 Å². The van der Waals surface area contributed by atoms with Gasteiger partial charge in [0.25, 0.3) is 5.91 Å². The highest BCUT2D eigenvalue weighted by Crippen LogP contribution is 2.35. The Morgan fingerprint density at radius 1 is 1.10 bits per heavy atom. The fraction of sp³-hybridized carbons (Fsp3) is 0.235. The highest BCUT2D eigenvalue weighted by molar-refractivity contribution is 5.98. The SMILES string of the molecule is NC(=O)c1ccccc1N(Cc1ccccc1N)C1CC1. The predicted molar refractivity (Wildman–Crippen MR) is 85.0 cm³/mol. The first-order chi connectivity index (χ1) is 10.2. The molecule has 0 spiro atoms. The number of carbonyl (C=O) groups is 1. The number of amides is 1. The molecule has 1 aliphatic carbocycles. The van der Waals surface area contributed by atoms with Crippen LogP contribution < -0.4 is 16.4 Å². The van der Waals surface area contributed by atoms with Crippen molar-refractivity contribution in [1.82, 2.24) is 0 Å². The van der Waals surface area contributed by atoms with Crippen LogP contribution in [0.5, 0.6) is 0 Å². The highest BCUT2D eigenvalue weighted by Gasteiger charge is 2.31. The second-order valence-corrected chi connectivity index (χ2v) is 5.44. The molecule has 0 saturated heterocycles. The molecule has 4 heteroatoms. The summed E-state index contributed by atoms with van der Waals surface area (Å²) in [6.45, 7) is 0.696. The zero-order valence-corrected chi connectivity index (χ0v) is 11.8. The van der Waals surface area contributed by atoms with Crippen molar-refractivity contribution in [2.45, 2.75) is 25.4 Å². The first-order valence-corrected chi connectivity index (χ1v) is 7.15. The Hall–Kier alpha value is -2.49. The van der Waals surface area contributed by atoms with Crippen LogP contribution in [0.3, 0.4) is 0 Å². The van der Waals surface area contributed by atoms with Gasteiger partial charge in [0.05, 0.1) is 11.3 Å². The van der Waals surface area contributed by atoms with Crippen LogP contribution in [0.2, 0.25) is 0 Å². The quantitative estimate of drug-likeness (QED) is 0.827. The van der Waals surface area contributed by atoms with Gasteiger partial charge in [-0.3, -0.25) is 4.79 Å². The average molecular weight is 281 g/mol. The van der Waals surface area contributed by atoms with Crippen molar-refractivity contribution in [1.29, 1.82) is 0 Å². The first kappa shape index (κ1) is 13.5. The summed E-state index contributed by atoms with van der Waals surface area (Å²) >= 11 is 0. The lowest BCUT2D eigenvalue weighted by molar-refractivity contribution is 0.100. The average Bonchev–Trinajstić information content (AvgIpc) is 3.31. The Balaban J connectivity index is 1.96. The molecule has 2 aromatic rings. The summed E-state index contributed by atoms with van der Waals surface area (Å²) in [6.07, 6.45) is 2.28. The Morgan fingerprint density at radius 2 is 1.76 bits per heavy atom. The number of benzene rings is 2. The Morgan fingerprint density at radius 3 is 2.43 bits per heavy atom. The molecule has 2 aromatic carbocycles. The summed E-state index contributed by atoms with van der Waals surface area (Å²) in [4.78, 5) is 13.9. The van der Waals surface area contributed by atoms with Gasteiger partial charge in [-0.15, -0.1) is 0 Å². The topological polar surface area (TPSA) is 72.4 Å². The van der Waals surface area contributed by atoms with Crippen LogP contribution in [0, 0.1) is 0 Å². The van der Waals surface area contributed by atoms with Crippen LogP contribution in [-0.4, -0.2) is 11.9 Å². The number of nitrogen functional groups attached to an aromatic ring is 1. The zero-order valence-electron chi connectivity index (χ0n) is 11.8. The molecule has 0 radical (unpaired) electrons. The van der Waals surface area contributed by atoms with Crippen molar-refractivity contribution in [2.75, 3.05) is 10.6 Å². The second kappa shape index (κ2) is 5.48. The molecule has 0 aromatic heterocycles. The maximum atomic E-state index is 11.7. The smallest absolute Gasteiger partial charge is 0.250 e. The number of para-hydroxylation sites is 2. The second-order valence-electron chi connectivity index (χ2n) is 5.44. The van der Waals surface area contributed by atoms with Gasteiger partial charge in [-0.25, -0.2) is 0 Å². The minimum atomic E-state index is -0.391. The van der Waals surface area contributed by atoms with Crippen molar-refractivity contribution in [3.63, 3.8) is 0 Å². The number of nitrogens with two attached hydrogens (primary N) is 2. The van der Waals surface area contributed by atoms with Crippen molar-refractivity contribution in [2.24, 2.45) is 5.73 Å². The van der Waals surface area contributed by atoms with Gasteiger partial charge in [0, 0.05) is 18.3 Å². The molecule has 0 heterocycles. The number of anilines is 2. The van der Waals surface area contributed by atoms with E-state index in [4.69, 9.17) is 11.5 Å². The van der Waals surface area contributed by atoms with Crippen molar-refractivity contribution >= 4 is 17.3 Å². The van der Waals surface area contributed by atoms with E-state index in [9.17, 15) is 4.79 Å². The molecular weight excluding hydrogens is 262 g/mol. The molecule has 0 bridgehead atoms. The maximum absolute atomic E-state index is 11.7. The van der Waals surface area contributed by atoms with Gasteiger partial charge in [-0.05, 0) is 36.6 Å². The Labute approximate surface area is 124 Å². The van der Waals surface area contributed by atoms with E-state index in [2.05, 4.69) is 4.90 Å². The van der Waals surface area contributed by atoms with Crippen LogP contribution in [0.4, 0.5) is 11.4 Å². The van der Waals surface area contributed by atoms with E-state index in [0.29, 0.717) is 18.2 Å². The van der Waals surface area contributed by atoms with E-state index in [1.165, 1.54) is 0 Å². The van der Waals surface area contributed by atoms with E-state index < -0.39 is 5.91 Å². The number of hydrogen-bond donors (Lipinski definition) is 2. The summed E-state index contributed by atoms with van der Waals surface area (Å²) in [6, 6.07) is 15.8. The van der Waals surface area contributed by atoms with Gasteiger partial charge in [-0.2, -0.15) is 0 Å². The third-order valence-corrected chi connectivity index (χ3v) is 3.86. The van der Waals surface area contributed by atoms with E-state index in [1.54, 1.807) is 6.07 Å². The van der Waals surface area contributed by atoms with Crippen LogP contribution in [-0.2, 0) is 6.54 Å². The highest BCUT2D eigenvalue weighted by atomic mass is 16.1. The molecule has 1 amide bonds. The Kier molecular flexibility index (Phi) is 3.52. The summed E-state index contributed by atoms with van der Waals surface area (Å²) in [7, 11) is 0. The van der Waals surface area contributed by atoms with Crippen LogP contribution in [0.15, 0.2) is 48.5 Å². The molecule has 3 rings (SSSR count). The fourth-order valence-electron chi connectivity index (χ4n) is 2.59. The van der Waals surface area contributed by atoms with Gasteiger partial charge >= 0.3 is 0 Å². The van der Waals surface area contributed by atoms with Crippen molar-refractivity contribution in [3.05, 3.63) is 59.7 Å². The lowest BCUT2D eigenvalue weighted by atomic mass is 10.1. The van der Waals surface area contributed by atoms with Crippen LogP contribution in [0.1, 0.15) is 28.8 Å². The normalized spacial score (nSPS) is 13.9. The minimum absolute atomic E-state index is 0.391. The largest absolute Gasteiger partial charge is 0.398 e. The van der Waals surface area contributed by atoms with Crippen LogP contribution in [0.25, 0.3) is 0 Å². The third kappa shape index (κ3) is 2.84. The molecule has 1 fully saturated rings. The van der Waals surface area contributed by atoms with Gasteiger partial charge in [0.2, 0.25) is 0 Å². The molecule has 0 atom stereocenters. The van der Waals surface area contributed by atoms with Gasteiger partial charge < -0.3 is 16.4 Å². The lowest BCUT2D eigenvalue weighted by Gasteiger charge is -2.27. The summed E-state index contributed by atoms with van der Waals surface area (Å²) < 4.78 is 0. The monoisotopic (exact) mass is 281 g/mol. The van der Waals surface area contributed by atoms with Crippen molar-refractivity contribution in [3.8, 4) is 0 Å². The lowest BCUT2D eigenvalue weighted by Crippen LogP contribution is -2.28. The first-order valence-electron chi connectivity index (χ1n) is 7.15. The molecular formula is C17H19N3O. The van der Waals surface area contributed by atoms with E-state index in [-0.39, 0.29) is 0 Å². The van der Waals surface area contributed by atoms with Gasteiger partial charge in [0.15, 0.2) is 0 Å². The molecule has 4 N–H and O–H groups in total. The van der Waals surface area contributed by atoms with E-state index >= 15 is 0 Å². The zero-order chi connectivity index (χ0) is 14.8. The molecule has 0 aliphatic heterocycles. The summed E-state index contributed by atoms with van der Waals surface area (Å²) in [5.74, 6) is -0.391. The predicted octanol–water partition coefficient (Wildman–Crippen LogP) is 2.54. The Bertz CT molecular complexity index is 665. The molecule has 0 unspecified atom stereocenters. The van der Waals surface area contributed by atoms with E-state index in [0.717, 1.165) is 29.8 Å². The number of carbonyl (C=O) groups excluding carboxylic acids is 1. The standard InChI is InChI=1S/C17H19N3O/c18-15-7-3-1-5-12(15)11-20(13-9-10-13)16-8-4-2-6-14(16)17(19)21/h1-8,13H,9-11,18H2,(H2,19,21). The summed E-state index contributed by atoms with van der Waals surface area (Å²) in [5.41, 5.74) is 14.9. The molecule has 4 nitrogen and oxygen atoms in total. The van der Waals surface area contributed by atoms with Crippen molar-refractivity contribution < 1.29 is 4.79 Å². The molecule has 1 aliphatic rings. The number of nitrogens with zero attached hydrogens (tertiary/aromatic N) is 1. The number of hydrogen-bond acceptors (Lipinski definition) is 3. The van der Waals surface area contributed by atoms with Gasteiger partial charge in [0.1, 0.15) is 0 Å². The molecule has 108 valence electrons. The molecule has 1 saturated carbocycles. The van der Waals surface area contributed by atoms with Crippen LogP contribution >= 0.6 is 0 Å².